The zero-order chi connectivity index (χ0) is 14.4. The van der Waals surface area contributed by atoms with Crippen molar-refractivity contribution in [1.29, 1.82) is 0 Å². The quantitative estimate of drug-likeness (QED) is 0.370. The molecule has 0 spiro atoms. The van der Waals surface area contributed by atoms with Crippen LogP contribution in [-0.2, 0) is 9.63 Å². The molecule has 0 heterocycles. The minimum absolute atomic E-state index is 0.104. The third-order valence-electron chi connectivity index (χ3n) is 2.56. The topological polar surface area (TPSA) is 55.7 Å². The van der Waals surface area contributed by atoms with Crippen LogP contribution in [0.3, 0.4) is 0 Å². The predicted octanol–water partition coefficient (Wildman–Crippen LogP) is 2.84. The number of ketones is 1. The highest BCUT2D eigenvalue weighted by atomic mass is 16.7. The number of Topliss-reactive ketones (excluding diaryl/α,β-unsaturated/α-hetero) is 1. The molecule has 0 aliphatic carbocycles. The van der Waals surface area contributed by atoms with Crippen molar-refractivity contribution < 1.29 is 14.4 Å². The van der Waals surface area contributed by atoms with E-state index in [9.17, 15) is 9.59 Å². The van der Waals surface area contributed by atoms with Gasteiger partial charge in [0, 0.05) is 18.1 Å². The normalized spacial score (nSPS) is 10.9. The van der Waals surface area contributed by atoms with Gasteiger partial charge in [-0.15, -0.1) is 0 Å². The molecule has 0 aliphatic rings. The number of nitrogens with zero attached hydrogens (tertiary/aromatic N) is 1. The van der Waals surface area contributed by atoms with Gasteiger partial charge in [0.25, 0.3) is 0 Å². The summed E-state index contributed by atoms with van der Waals surface area (Å²) in [4.78, 5) is 28.0. The number of rotatable bonds is 4. The first kappa shape index (κ1) is 13.7. The first-order valence-electron chi connectivity index (χ1n) is 6.09. The molecule has 0 N–H and O–H groups in total. The molecule has 2 aromatic rings. The Morgan fingerprint density at radius 2 is 1.35 bits per heavy atom. The van der Waals surface area contributed by atoms with Crippen LogP contribution in [0.5, 0.6) is 0 Å². The Bertz CT molecular complexity index is 633. The summed E-state index contributed by atoms with van der Waals surface area (Å²) < 4.78 is 0. The lowest BCUT2D eigenvalue weighted by atomic mass is 10.0. The fraction of sp³-hybridized carbons (Fsp3) is 0.0625. The monoisotopic (exact) mass is 267 g/mol. The summed E-state index contributed by atoms with van der Waals surface area (Å²) in [5.41, 5.74) is 1.19. The second kappa shape index (κ2) is 6.43. The summed E-state index contributed by atoms with van der Waals surface area (Å²) in [6.45, 7) is 1.24. The molecule has 0 saturated carbocycles. The molecule has 0 amide bonds. The average Bonchev–Trinajstić information content (AvgIpc) is 2.49. The van der Waals surface area contributed by atoms with Crippen LogP contribution in [0.25, 0.3) is 0 Å². The van der Waals surface area contributed by atoms with Crippen molar-refractivity contribution in [3.8, 4) is 0 Å². The van der Waals surface area contributed by atoms with Crippen LogP contribution in [0.4, 0.5) is 0 Å². The lowest BCUT2D eigenvalue weighted by Crippen LogP contribution is -2.17. The smallest absolute Gasteiger partial charge is 0.318 e. The number of carbonyl (C=O) groups is 2. The van der Waals surface area contributed by atoms with Gasteiger partial charge >= 0.3 is 5.97 Å². The SMILES string of the molecule is CC(=O)O/N=C(\C(=O)c1ccccc1)c1ccccc1. The Morgan fingerprint density at radius 1 is 0.850 bits per heavy atom. The molecule has 0 unspecified atom stereocenters. The van der Waals surface area contributed by atoms with Crippen LogP contribution < -0.4 is 0 Å². The summed E-state index contributed by atoms with van der Waals surface area (Å²) in [5.74, 6) is -0.864. The highest BCUT2D eigenvalue weighted by molar-refractivity contribution is 6.51. The number of carbonyl (C=O) groups excluding carboxylic acids is 2. The van der Waals surface area contributed by atoms with Gasteiger partial charge in [0.05, 0.1) is 0 Å². The number of hydrogen-bond acceptors (Lipinski definition) is 4. The summed E-state index contributed by atoms with van der Waals surface area (Å²) in [6, 6.07) is 17.6. The van der Waals surface area contributed by atoms with Gasteiger partial charge in [0.1, 0.15) is 0 Å². The van der Waals surface area contributed by atoms with Gasteiger partial charge < -0.3 is 4.84 Å². The van der Waals surface area contributed by atoms with Crippen molar-refractivity contribution in [3.63, 3.8) is 0 Å². The van der Waals surface area contributed by atoms with E-state index in [0.717, 1.165) is 0 Å². The molecule has 20 heavy (non-hydrogen) atoms. The van der Waals surface area contributed by atoms with E-state index in [1.54, 1.807) is 48.5 Å². The third kappa shape index (κ3) is 3.38. The second-order valence-electron chi connectivity index (χ2n) is 4.08. The van der Waals surface area contributed by atoms with Crippen LogP contribution in [0.15, 0.2) is 65.8 Å². The molecule has 100 valence electrons. The fourth-order valence-corrected chi connectivity index (χ4v) is 1.66. The predicted molar refractivity (Wildman–Crippen MR) is 75.5 cm³/mol. The molecule has 0 fully saturated rings. The molecule has 0 atom stereocenters. The van der Waals surface area contributed by atoms with E-state index in [1.807, 2.05) is 12.1 Å². The van der Waals surface area contributed by atoms with Gasteiger partial charge in [-0.25, -0.2) is 4.79 Å². The van der Waals surface area contributed by atoms with Crippen molar-refractivity contribution in [2.45, 2.75) is 6.92 Å². The highest BCUT2D eigenvalue weighted by Gasteiger charge is 2.17. The van der Waals surface area contributed by atoms with Crippen LogP contribution in [0, 0.1) is 0 Å². The van der Waals surface area contributed by atoms with E-state index in [0.29, 0.717) is 11.1 Å². The molecule has 0 radical (unpaired) electrons. The molecule has 0 aliphatic heterocycles. The van der Waals surface area contributed by atoms with Crippen LogP contribution in [0.2, 0.25) is 0 Å². The van der Waals surface area contributed by atoms with E-state index in [4.69, 9.17) is 0 Å². The Balaban J connectivity index is 2.40. The number of benzene rings is 2. The maximum absolute atomic E-state index is 12.4. The molecule has 2 aromatic carbocycles. The minimum Gasteiger partial charge on any atom is -0.318 e. The highest BCUT2D eigenvalue weighted by Crippen LogP contribution is 2.09. The Labute approximate surface area is 116 Å². The molecule has 0 saturated heterocycles. The molecule has 0 bridgehead atoms. The van der Waals surface area contributed by atoms with Crippen molar-refractivity contribution >= 4 is 17.5 Å². The first-order valence-corrected chi connectivity index (χ1v) is 6.09. The minimum atomic E-state index is -0.570. The van der Waals surface area contributed by atoms with Gasteiger partial charge in [-0.1, -0.05) is 65.8 Å². The van der Waals surface area contributed by atoms with E-state index < -0.39 is 5.97 Å². The number of oxime groups is 1. The molecule has 4 nitrogen and oxygen atoms in total. The Kier molecular flexibility index (Phi) is 4.39. The van der Waals surface area contributed by atoms with Crippen molar-refractivity contribution in [3.05, 3.63) is 71.8 Å². The molecular weight excluding hydrogens is 254 g/mol. The van der Waals surface area contributed by atoms with E-state index in [-0.39, 0.29) is 11.5 Å². The molecule has 0 aromatic heterocycles. The average molecular weight is 267 g/mol. The van der Waals surface area contributed by atoms with Gasteiger partial charge in [-0.3, -0.25) is 4.79 Å². The molecule has 4 heteroatoms. The van der Waals surface area contributed by atoms with Gasteiger partial charge in [0.2, 0.25) is 5.78 Å². The van der Waals surface area contributed by atoms with Gasteiger partial charge in [-0.2, -0.15) is 0 Å². The first-order chi connectivity index (χ1) is 9.68. The molecule has 2 rings (SSSR count). The van der Waals surface area contributed by atoms with Crippen LogP contribution >= 0.6 is 0 Å². The maximum atomic E-state index is 12.4. The third-order valence-corrected chi connectivity index (χ3v) is 2.56. The van der Waals surface area contributed by atoms with Crippen molar-refractivity contribution in [1.82, 2.24) is 0 Å². The lowest BCUT2D eigenvalue weighted by molar-refractivity contribution is -0.140. The Hall–Kier alpha value is -2.75. The van der Waals surface area contributed by atoms with Crippen LogP contribution in [-0.4, -0.2) is 17.5 Å². The van der Waals surface area contributed by atoms with Gasteiger partial charge in [-0.05, 0) is 0 Å². The van der Waals surface area contributed by atoms with Crippen molar-refractivity contribution in [2.24, 2.45) is 5.16 Å². The lowest BCUT2D eigenvalue weighted by Gasteiger charge is -2.05. The summed E-state index contributed by atoms with van der Waals surface area (Å²) in [5, 5.41) is 3.69. The zero-order valence-corrected chi connectivity index (χ0v) is 10.9. The van der Waals surface area contributed by atoms with E-state index >= 15 is 0 Å². The van der Waals surface area contributed by atoms with E-state index in [1.165, 1.54) is 6.92 Å². The van der Waals surface area contributed by atoms with E-state index in [2.05, 4.69) is 9.99 Å². The largest absolute Gasteiger partial charge is 0.332 e. The Morgan fingerprint density at radius 3 is 1.85 bits per heavy atom. The summed E-state index contributed by atoms with van der Waals surface area (Å²) in [7, 11) is 0. The number of hydrogen-bond donors (Lipinski definition) is 0. The summed E-state index contributed by atoms with van der Waals surface area (Å²) >= 11 is 0. The summed E-state index contributed by atoms with van der Waals surface area (Å²) in [6.07, 6.45) is 0. The van der Waals surface area contributed by atoms with Crippen molar-refractivity contribution in [2.75, 3.05) is 0 Å². The standard InChI is InChI=1S/C16H13NO3/c1-12(18)20-17-15(13-8-4-2-5-9-13)16(19)14-10-6-3-7-11-14/h2-11H,1H3/b17-15-. The zero-order valence-electron chi connectivity index (χ0n) is 10.9. The van der Waals surface area contributed by atoms with Crippen LogP contribution in [0.1, 0.15) is 22.8 Å². The fourth-order valence-electron chi connectivity index (χ4n) is 1.66. The molecular formula is C16H13NO3. The maximum Gasteiger partial charge on any atom is 0.332 e. The second-order valence-corrected chi connectivity index (χ2v) is 4.08. The van der Waals surface area contributed by atoms with Gasteiger partial charge in [0.15, 0.2) is 5.71 Å².